The summed E-state index contributed by atoms with van der Waals surface area (Å²) in [6.07, 6.45) is 2.66. The SMILES string of the molecule is CCS(=O)(=O)c1ccc(Oc2ncnc(OC3CCN(CC(=O)N4CCOCC4)CC3)c2C)c(F)c1. The van der Waals surface area contributed by atoms with Crippen molar-refractivity contribution in [2.75, 3.05) is 51.7 Å². The van der Waals surface area contributed by atoms with Crippen LogP contribution in [0.2, 0.25) is 0 Å². The molecule has 2 fully saturated rings. The lowest BCUT2D eigenvalue weighted by molar-refractivity contribution is -0.136. The zero-order valence-corrected chi connectivity index (χ0v) is 21.3. The fraction of sp³-hybridized carbons (Fsp3) is 0.542. The van der Waals surface area contributed by atoms with Gasteiger partial charge in [0.05, 0.1) is 36.0 Å². The van der Waals surface area contributed by atoms with Gasteiger partial charge in [-0.1, -0.05) is 6.92 Å². The average molecular weight is 523 g/mol. The number of carbonyl (C=O) groups excluding carboxylic acids is 1. The van der Waals surface area contributed by atoms with Crippen molar-refractivity contribution in [3.63, 3.8) is 0 Å². The number of ether oxygens (including phenoxy) is 3. The van der Waals surface area contributed by atoms with Gasteiger partial charge in [-0.05, 0) is 38.0 Å². The number of hydrogen-bond acceptors (Lipinski definition) is 9. The van der Waals surface area contributed by atoms with Crippen molar-refractivity contribution in [1.29, 1.82) is 0 Å². The highest BCUT2D eigenvalue weighted by molar-refractivity contribution is 7.91. The molecule has 3 heterocycles. The summed E-state index contributed by atoms with van der Waals surface area (Å²) in [7, 11) is -3.53. The molecule has 1 amide bonds. The fourth-order valence-electron chi connectivity index (χ4n) is 4.12. The minimum Gasteiger partial charge on any atom is -0.474 e. The summed E-state index contributed by atoms with van der Waals surface area (Å²) in [6.45, 7) is 7.52. The Morgan fingerprint density at radius 3 is 2.50 bits per heavy atom. The Balaban J connectivity index is 1.34. The van der Waals surface area contributed by atoms with Gasteiger partial charge in [0.15, 0.2) is 21.4 Å². The van der Waals surface area contributed by atoms with Gasteiger partial charge in [0.2, 0.25) is 17.7 Å². The highest BCUT2D eigenvalue weighted by Gasteiger charge is 2.26. The normalized spacial score (nSPS) is 17.7. The molecule has 0 N–H and O–H groups in total. The minimum absolute atomic E-state index is 0.0866. The molecule has 2 saturated heterocycles. The van der Waals surface area contributed by atoms with Crippen molar-refractivity contribution in [2.24, 2.45) is 0 Å². The second-order valence-corrected chi connectivity index (χ2v) is 11.1. The van der Waals surface area contributed by atoms with Crippen molar-refractivity contribution < 1.29 is 31.8 Å². The summed E-state index contributed by atoms with van der Waals surface area (Å²) in [4.78, 5) is 24.7. The molecule has 1 aromatic carbocycles. The van der Waals surface area contributed by atoms with Crippen LogP contribution in [0.25, 0.3) is 0 Å². The van der Waals surface area contributed by atoms with E-state index in [1.165, 1.54) is 25.4 Å². The molecule has 0 atom stereocenters. The summed E-state index contributed by atoms with van der Waals surface area (Å²) in [5.74, 6) is -0.479. The van der Waals surface area contributed by atoms with Crippen LogP contribution in [-0.4, -0.2) is 91.9 Å². The summed E-state index contributed by atoms with van der Waals surface area (Å²) in [6, 6.07) is 3.52. The van der Waals surface area contributed by atoms with E-state index in [4.69, 9.17) is 14.2 Å². The van der Waals surface area contributed by atoms with Crippen LogP contribution in [0.4, 0.5) is 4.39 Å². The van der Waals surface area contributed by atoms with Crippen LogP contribution in [0.15, 0.2) is 29.4 Å². The molecule has 196 valence electrons. The van der Waals surface area contributed by atoms with Crippen LogP contribution in [0.1, 0.15) is 25.3 Å². The first-order valence-electron chi connectivity index (χ1n) is 12.0. The average Bonchev–Trinajstić information content (AvgIpc) is 2.89. The number of nitrogens with zero attached hydrogens (tertiary/aromatic N) is 4. The zero-order chi connectivity index (χ0) is 25.7. The summed E-state index contributed by atoms with van der Waals surface area (Å²) in [5, 5.41) is 0. The molecule has 1 aromatic heterocycles. The van der Waals surface area contributed by atoms with Gasteiger partial charge in [-0.15, -0.1) is 0 Å². The first-order valence-corrected chi connectivity index (χ1v) is 13.7. The lowest BCUT2D eigenvalue weighted by Crippen LogP contribution is -2.48. The summed E-state index contributed by atoms with van der Waals surface area (Å²) < 4.78 is 55.6. The van der Waals surface area contributed by atoms with Crippen molar-refractivity contribution in [1.82, 2.24) is 19.8 Å². The molecule has 2 aliphatic heterocycles. The Morgan fingerprint density at radius 2 is 1.83 bits per heavy atom. The van der Waals surface area contributed by atoms with E-state index in [-0.39, 0.29) is 34.3 Å². The topological polar surface area (TPSA) is 111 Å². The van der Waals surface area contributed by atoms with Crippen molar-refractivity contribution in [2.45, 2.75) is 37.7 Å². The van der Waals surface area contributed by atoms with Crippen molar-refractivity contribution in [3.8, 4) is 17.5 Å². The number of halogens is 1. The second-order valence-electron chi connectivity index (χ2n) is 8.79. The molecule has 10 nitrogen and oxygen atoms in total. The zero-order valence-electron chi connectivity index (χ0n) is 20.5. The second kappa shape index (κ2) is 11.5. The number of rotatable bonds is 8. The largest absolute Gasteiger partial charge is 0.474 e. The number of amides is 1. The van der Waals surface area contributed by atoms with Crippen LogP contribution in [0.5, 0.6) is 17.5 Å². The van der Waals surface area contributed by atoms with Crippen LogP contribution in [-0.2, 0) is 19.4 Å². The minimum atomic E-state index is -3.53. The fourth-order valence-corrected chi connectivity index (χ4v) is 5.01. The van der Waals surface area contributed by atoms with E-state index in [2.05, 4.69) is 14.9 Å². The van der Waals surface area contributed by atoms with Gasteiger partial charge in [0, 0.05) is 26.2 Å². The number of carbonyl (C=O) groups is 1. The molecule has 0 spiro atoms. The maximum Gasteiger partial charge on any atom is 0.236 e. The van der Waals surface area contributed by atoms with E-state index >= 15 is 0 Å². The van der Waals surface area contributed by atoms with Crippen LogP contribution in [0, 0.1) is 12.7 Å². The number of piperidine rings is 1. The molecular weight excluding hydrogens is 491 g/mol. The molecule has 0 unspecified atom stereocenters. The third kappa shape index (κ3) is 6.29. The van der Waals surface area contributed by atoms with Crippen LogP contribution >= 0.6 is 0 Å². The van der Waals surface area contributed by atoms with Gasteiger partial charge in [0.25, 0.3) is 0 Å². The van der Waals surface area contributed by atoms with E-state index < -0.39 is 15.7 Å². The van der Waals surface area contributed by atoms with Gasteiger partial charge < -0.3 is 19.1 Å². The number of morpholine rings is 1. The van der Waals surface area contributed by atoms with E-state index in [1.807, 2.05) is 4.90 Å². The Hall–Kier alpha value is -2.83. The van der Waals surface area contributed by atoms with E-state index in [0.717, 1.165) is 32.0 Å². The number of aromatic nitrogens is 2. The third-order valence-corrected chi connectivity index (χ3v) is 8.11. The van der Waals surface area contributed by atoms with E-state index in [0.29, 0.717) is 44.3 Å². The monoisotopic (exact) mass is 522 g/mol. The molecular formula is C24H31FN4O6S. The Kier molecular flexibility index (Phi) is 8.37. The Bertz CT molecular complexity index is 1180. The van der Waals surface area contributed by atoms with E-state index in [1.54, 1.807) is 6.92 Å². The van der Waals surface area contributed by atoms with E-state index in [9.17, 15) is 17.6 Å². The van der Waals surface area contributed by atoms with Crippen LogP contribution in [0.3, 0.4) is 0 Å². The molecule has 0 aliphatic carbocycles. The Labute approximate surface area is 210 Å². The standard InChI is InChI=1S/C24H31FN4O6S/c1-3-36(31,32)19-4-5-21(20(25)14-19)35-24-17(2)23(26-16-27-24)34-18-6-8-28(9-7-18)15-22(30)29-10-12-33-13-11-29/h4-5,14,16,18H,3,6-13,15H2,1-2H3. The van der Waals surface area contributed by atoms with Crippen molar-refractivity contribution >= 4 is 15.7 Å². The van der Waals surface area contributed by atoms with Crippen molar-refractivity contribution in [3.05, 3.63) is 35.9 Å². The number of likely N-dealkylation sites (tertiary alicyclic amines) is 1. The first-order chi connectivity index (χ1) is 17.3. The van der Waals surface area contributed by atoms with Gasteiger partial charge in [-0.25, -0.2) is 22.8 Å². The maximum absolute atomic E-state index is 14.6. The number of hydrogen-bond donors (Lipinski definition) is 0. The van der Waals surface area contributed by atoms with Gasteiger partial charge in [-0.3, -0.25) is 9.69 Å². The third-order valence-electron chi connectivity index (χ3n) is 6.38. The first kappa shape index (κ1) is 26.2. The predicted octanol–water partition coefficient (Wildman–Crippen LogP) is 2.21. The lowest BCUT2D eigenvalue weighted by atomic mass is 10.1. The summed E-state index contributed by atoms with van der Waals surface area (Å²) >= 11 is 0. The maximum atomic E-state index is 14.6. The van der Waals surface area contributed by atoms with Crippen LogP contribution < -0.4 is 9.47 Å². The molecule has 0 saturated carbocycles. The highest BCUT2D eigenvalue weighted by Crippen LogP contribution is 2.31. The smallest absolute Gasteiger partial charge is 0.236 e. The van der Waals surface area contributed by atoms with Gasteiger partial charge in [-0.2, -0.15) is 0 Å². The quantitative estimate of drug-likeness (QED) is 0.515. The predicted molar refractivity (Wildman–Crippen MR) is 128 cm³/mol. The number of benzene rings is 1. The molecule has 4 rings (SSSR count). The molecule has 2 aliphatic rings. The molecule has 0 radical (unpaired) electrons. The Morgan fingerprint density at radius 1 is 1.14 bits per heavy atom. The van der Waals surface area contributed by atoms with Gasteiger partial charge in [0.1, 0.15) is 12.4 Å². The van der Waals surface area contributed by atoms with Gasteiger partial charge >= 0.3 is 0 Å². The molecule has 12 heteroatoms. The highest BCUT2D eigenvalue weighted by atomic mass is 32.2. The molecule has 0 bridgehead atoms. The summed E-state index contributed by atoms with van der Waals surface area (Å²) in [5.41, 5.74) is 0.507. The molecule has 36 heavy (non-hydrogen) atoms. The molecule has 2 aromatic rings. The number of sulfone groups is 1. The lowest BCUT2D eigenvalue weighted by Gasteiger charge is -2.34.